The van der Waals surface area contributed by atoms with Crippen LogP contribution < -0.4 is 15.4 Å². The maximum Gasteiger partial charge on any atom is 0.246 e. The fourth-order valence-corrected chi connectivity index (χ4v) is 3.83. The minimum atomic E-state index is -3.66. The normalized spacial score (nSPS) is 11.4. The van der Waals surface area contributed by atoms with Crippen LogP contribution in [0.25, 0.3) is 0 Å². The average molecular weight is 398 g/mol. The molecule has 2 N–H and O–H groups in total. The number of hydrogen-bond acceptors (Lipinski definition) is 6. The van der Waals surface area contributed by atoms with Crippen molar-refractivity contribution in [1.82, 2.24) is 9.62 Å². The number of sulfonamides is 1. The number of ether oxygens (including phenoxy) is 1. The molecular formula is C17H23N3O4S2. The molecule has 0 aliphatic carbocycles. The van der Waals surface area contributed by atoms with Crippen LogP contribution in [0.15, 0.2) is 40.6 Å². The van der Waals surface area contributed by atoms with Crippen LogP contribution in [0.2, 0.25) is 0 Å². The van der Waals surface area contributed by atoms with Crippen LogP contribution >= 0.6 is 11.3 Å². The standard InChI is InChI=1S/C17H23N3O4S2/c1-4-24-15-8-7-13(10-16(15)26(22,23)20(2)3)18-12-17(21)19-11-14-6-5-9-25-14/h5-10,18H,4,11-12H2,1-3H3,(H,19,21). The van der Waals surface area contributed by atoms with Crippen molar-refractivity contribution in [3.8, 4) is 5.75 Å². The van der Waals surface area contributed by atoms with E-state index in [0.717, 1.165) is 9.18 Å². The van der Waals surface area contributed by atoms with Crippen LogP contribution in [0.1, 0.15) is 11.8 Å². The number of carbonyl (C=O) groups excluding carboxylic acids is 1. The maximum atomic E-state index is 12.5. The third kappa shape index (κ3) is 5.20. The summed E-state index contributed by atoms with van der Waals surface area (Å²) in [7, 11) is -0.739. The van der Waals surface area contributed by atoms with E-state index in [1.54, 1.807) is 30.4 Å². The monoisotopic (exact) mass is 397 g/mol. The Kier molecular flexibility index (Phi) is 7.01. The minimum Gasteiger partial charge on any atom is -0.492 e. The summed E-state index contributed by atoms with van der Waals surface area (Å²) < 4.78 is 31.5. The summed E-state index contributed by atoms with van der Waals surface area (Å²) in [5.41, 5.74) is 0.528. The van der Waals surface area contributed by atoms with Crippen LogP contribution in [-0.2, 0) is 21.4 Å². The van der Waals surface area contributed by atoms with Crippen molar-refractivity contribution in [3.05, 3.63) is 40.6 Å². The van der Waals surface area contributed by atoms with Gasteiger partial charge in [-0.15, -0.1) is 11.3 Å². The van der Waals surface area contributed by atoms with Crippen LogP contribution in [0.5, 0.6) is 5.75 Å². The molecule has 1 aromatic heterocycles. The van der Waals surface area contributed by atoms with E-state index in [2.05, 4.69) is 10.6 Å². The second-order valence-electron chi connectivity index (χ2n) is 5.59. The van der Waals surface area contributed by atoms with Gasteiger partial charge in [0, 0.05) is 24.7 Å². The van der Waals surface area contributed by atoms with Crippen molar-refractivity contribution in [1.29, 1.82) is 0 Å². The van der Waals surface area contributed by atoms with Gasteiger partial charge in [-0.05, 0) is 36.6 Å². The first kappa shape index (κ1) is 20.2. The Bertz CT molecular complexity index is 834. The lowest BCUT2D eigenvalue weighted by molar-refractivity contribution is -0.119. The highest BCUT2D eigenvalue weighted by Crippen LogP contribution is 2.29. The molecule has 0 fully saturated rings. The number of amides is 1. The molecule has 0 aliphatic heterocycles. The Balaban J connectivity index is 2.06. The van der Waals surface area contributed by atoms with Gasteiger partial charge in [0.05, 0.1) is 19.7 Å². The van der Waals surface area contributed by atoms with Crippen molar-refractivity contribution < 1.29 is 17.9 Å². The fraction of sp³-hybridized carbons (Fsp3) is 0.353. The van der Waals surface area contributed by atoms with Gasteiger partial charge in [0.25, 0.3) is 0 Å². The lowest BCUT2D eigenvalue weighted by Crippen LogP contribution is -2.29. The summed E-state index contributed by atoms with van der Waals surface area (Å²) >= 11 is 1.57. The quantitative estimate of drug-likeness (QED) is 0.677. The molecule has 0 spiro atoms. The summed E-state index contributed by atoms with van der Waals surface area (Å²) in [6.07, 6.45) is 0. The van der Waals surface area contributed by atoms with Crippen LogP contribution in [0, 0.1) is 0 Å². The molecule has 2 rings (SSSR count). The third-order valence-electron chi connectivity index (χ3n) is 3.50. The molecule has 1 aromatic carbocycles. The maximum absolute atomic E-state index is 12.5. The first-order chi connectivity index (χ1) is 12.3. The average Bonchev–Trinajstić information content (AvgIpc) is 3.12. The van der Waals surface area contributed by atoms with Gasteiger partial charge in [-0.25, -0.2) is 12.7 Å². The lowest BCUT2D eigenvalue weighted by atomic mass is 10.3. The summed E-state index contributed by atoms with van der Waals surface area (Å²) in [5, 5.41) is 7.71. The minimum absolute atomic E-state index is 0.0425. The number of thiophene rings is 1. The molecule has 0 unspecified atom stereocenters. The SMILES string of the molecule is CCOc1ccc(NCC(=O)NCc2cccs2)cc1S(=O)(=O)N(C)C. The molecular weight excluding hydrogens is 374 g/mol. The number of anilines is 1. The van der Waals surface area contributed by atoms with E-state index in [-0.39, 0.29) is 23.1 Å². The molecule has 26 heavy (non-hydrogen) atoms. The zero-order chi connectivity index (χ0) is 19.2. The van der Waals surface area contributed by atoms with Gasteiger partial charge in [0.1, 0.15) is 10.6 Å². The molecule has 9 heteroatoms. The van der Waals surface area contributed by atoms with Gasteiger partial charge in [-0.2, -0.15) is 0 Å². The number of nitrogens with zero attached hydrogens (tertiary/aromatic N) is 1. The van der Waals surface area contributed by atoms with Gasteiger partial charge in [0.2, 0.25) is 15.9 Å². The molecule has 1 amide bonds. The van der Waals surface area contributed by atoms with Gasteiger partial charge in [-0.1, -0.05) is 6.07 Å². The van der Waals surface area contributed by atoms with E-state index in [0.29, 0.717) is 18.8 Å². The van der Waals surface area contributed by atoms with Crippen LogP contribution in [0.4, 0.5) is 5.69 Å². The summed E-state index contributed by atoms with van der Waals surface area (Å²) in [5.74, 6) is 0.109. The molecule has 2 aromatic rings. The lowest BCUT2D eigenvalue weighted by Gasteiger charge is -2.17. The molecule has 0 bridgehead atoms. The first-order valence-corrected chi connectivity index (χ1v) is 10.4. The molecule has 7 nitrogen and oxygen atoms in total. The third-order valence-corrected chi connectivity index (χ3v) is 6.21. The van der Waals surface area contributed by atoms with E-state index in [9.17, 15) is 13.2 Å². The second-order valence-corrected chi connectivity index (χ2v) is 8.74. The fourth-order valence-electron chi connectivity index (χ4n) is 2.13. The van der Waals surface area contributed by atoms with E-state index >= 15 is 0 Å². The van der Waals surface area contributed by atoms with Gasteiger partial charge < -0.3 is 15.4 Å². The highest BCUT2D eigenvalue weighted by atomic mass is 32.2. The predicted molar refractivity (Wildman–Crippen MR) is 103 cm³/mol. The number of rotatable bonds is 9. The van der Waals surface area contributed by atoms with Gasteiger partial charge in [-0.3, -0.25) is 4.79 Å². The topological polar surface area (TPSA) is 87.7 Å². The Morgan fingerprint density at radius 3 is 2.65 bits per heavy atom. The van der Waals surface area contributed by atoms with Crippen LogP contribution in [-0.4, -0.2) is 45.9 Å². The molecule has 1 heterocycles. The van der Waals surface area contributed by atoms with Crippen molar-refractivity contribution in [2.45, 2.75) is 18.4 Å². The summed E-state index contributed by atoms with van der Waals surface area (Å²) in [4.78, 5) is 13.1. The molecule has 0 radical (unpaired) electrons. The zero-order valence-electron chi connectivity index (χ0n) is 15.0. The molecule has 0 aliphatic rings. The van der Waals surface area contributed by atoms with Gasteiger partial charge in [0.15, 0.2) is 0 Å². The number of hydrogen-bond donors (Lipinski definition) is 2. The molecule has 0 saturated carbocycles. The zero-order valence-corrected chi connectivity index (χ0v) is 16.6. The largest absolute Gasteiger partial charge is 0.492 e. The summed E-state index contributed by atoms with van der Waals surface area (Å²) in [6, 6.07) is 8.63. The van der Waals surface area contributed by atoms with Crippen molar-refractivity contribution in [3.63, 3.8) is 0 Å². The van der Waals surface area contributed by atoms with Gasteiger partial charge >= 0.3 is 0 Å². The van der Waals surface area contributed by atoms with E-state index in [1.807, 2.05) is 17.5 Å². The first-order valence-electron chi connectivity index (χ1n) is 8.07. The number of nitrogens with one attached hydrogen (secondary N) is 2. The second kappa shape index (κ2) is 9.02. The smallest absolute Gasteiger partial charge is 0.246 e. The number of benzene rings is 1. The Morgan fingerprint density at radius 1 is 1.27 bits per heavy atom. The van der Waals surface area contributed by atoms with E-state index in [4.69, 9.17) is 4.74 Å². The Morgan fingerprint density at radius 2 is 2.04 bits per heavy atom. The highest BCUT2D eigenvalue weighted by molar-refractivity contribution is 7.89. The van der Waals surface area contributed by atoms with E-state index < -0.39 is 10.0 Å². The van der Waals surface area contributed by atoms with Crippen LogP contribution in [0.3, 0.4) is 0 Å². The number of carbonyl (C=O) groups is 1. The summed E-state index contributed by atoms with van der Waals surface area (Å²) in [6.45, 7) is 2.66. The van der Waals surface area contributed by atoms with Crippen molar-refractivity contribution in [2.75, 3.05) is 32.6 Å². The Labute approximate surface area is 158 Å². The van der Waals surface area contributed by atoms with Crippen molar-refractivity contribution in [2.24, 2.45) is 0 Å². The van der Waals surface area contributed by atoms with E-state index in [1.165, 1.54) is 20.2 Å². The Hall–Kier alpha value is -2.10. The molecule has 142 valence electrons. The highest BCUT2D eigenvalue weighted by Gasteiger charge is 2.23. The predicted octanol–water partition coefficient (Wildman–Crippen LogP) is 2.13. The van der Waals surface area contributed by atoms with Crippen molar-refractivity contribution >= 4 is 33.0 Å². The molecule has 0 atom stereocenters. The molecule has 0 saturated heterocycles.